The molecule has 0 aliphatic heterocycles. The molecule has 2 N–H and O–H groups in total. The van der Waals surface area contributed by atoms with Gasteiger partial charge in [-0.15, -0.1) is 0 Å². The van der Waals surface area contributed by atoms with Crippen LogP contribution in [-0.4, -0.2) is 20.6 Å². The van der Waals surface area contributed by atoms with Crippen LogP contribution in [0.25, 0.3) is 0 Å². The lowest BCUT2D eigenvalue weighted by Gasteiger charge is -2.14. The molecular formula is C13H18FNO3S. The number of hydrogen-bond acceptors (Lipinski definition) is 3. The number of hydrogen-bond donors (Lipinski definition) is 2. The van der Waals surface area contributed by atoms with Gasteiger partial charge in [-0.2, -0.15) is 0 Å². The van der Waals surface area contributed by atoms with Crippen molar-refractivity contribution in [2.24, 2.45) is 0 Å². The Morgan fingerprint density at radius 1 is 1.53 bits per heavy atom. The number of amides is 1. The van der Waals surface area contributed by atoms with Gasteiger partial charge >= 0.3 is 0 Å². The van der Waals surface area contributed by atoms with E-state index in [1.54, 1.807) is 12.4 Å². The molecule has 0 aliphatic carbocycles. The fourth-order valence-corrected chi connectivity index (χ4v) is 3.15. The predicted molar refractivity (Wildman–Crippen MR) is 70.8 cm³/mol. The molecule has 0 unspecified atom stereocenters. The van der Waals surface area contributed by atoms with Crippen LogP contribution in [-0.2, 0) is 15.6 Å². The summed E-state index contributed by atoms with van der Waals surface area (Å²) >= 11 is 0. The van der Waals surface area contributed by atoms with Gasteiger partial charge in [0.25, 0.3) is 5.91 Å². The van der Waals surface area contributed by atoms with Gasteiger partial charge in [-0.25, -0.2) is 9.87 Å². The smallest absolute Gasteiger partial charge is 0.259 e. The largest absolute Gasteiger partial charge is 0.289 e. The van der Waals surface area contributed by atoms with Gasteiger partial charge < -0.3 is 0 Å². The summed E-state index contributed by atoms with van der Waals surface area (Å²) in [4.78, 5) is 11.9. The lowest BCUT2D eigenvalue weighted by atomic mass is 10.2. The number of carbonyl (C=O) groups excluding carboxylic acids is 1. The molecule has 0 aliphatic rings. The highest BCUT2D eigenvalue weighted by molar-refractivity contribution is 7.86. The van der Waals surface area contributed by atoms with E-state index in [2.05, 4.69) is 0 Å². The maximum atomic E-state index is 13.2. The minimum absolute atomic E-state index is 0.377. The van der Waals surface area contributed by atoms with Gasteiger partial charge in [-0.1, -0.05) is 19.8 Å². The molecule has 106 valence electrons. The average molecular weight is 287 g/mol. The zero-order chi connectivity index (χ0) is 14.4. The fraction of sp³-hybridized carbons (Fsp3) is 0.462. The third-order valence-corrected chi connectivity index (χ3v) is 4.53. The minimum Gasteiger partial charge on any atom is -0.289 e. The molecule has 0 bridgehead atoms. The number of nitrogens with one attached hydrogen (secondary N) is 1. The first kappa shape index (κ1) is 15.8. The second-order valence-corrected chi connectivity index (χ2v) is 5.95. The number of unbranched alkanes of at least 4 members (excludes halogenated alkanes) is 1. The van der Waals surface area contributed by atoms with Gasteiger partial charge in [0.1, 0.15) is 11.1 Å². The highest BCUT2D eigenvalue weighted by Gasteiger charge is 2.25. The average Bonchev–Trinajstić information content (AvgIpc) is 2.41. The molecule has 1 amide bonds. The second-order valence-electron chi connectivity index (χ2n) is 4.32. The van der Waals surface area contributed by atoms with E-state index in [1.807, 2.05) is 6.92 Å². The Morgan fingerprint density at radius 2 is 2.21 bits per heavy atom. The highest BCUT2D eigenvalue weighted by atomic mass is 32.2. The molecule has 19 heavy (non-hydrogen) atoms. The summed E-state index contributed by atoms with van der Waals surface area (Å²) in [5, 5.41) is 7.88. The third-order valence-electron chi connectivity index (χ3n) is 2.84. The zero-order valence-corrected chi connectivity index (χ0v) is 11.8. The van der Waals surface area contributed by atoms with Crippen molar-refractivity contribution in [1.29, 1.82) is 0 Å². The van der Waals surface area contributed by atoms with Crippen LogP contribution in [0, 0.1) is 12.7 Å². The summed E-state index contributed by atoms with van der Waals surface area (Å²) in [5.41, 5.74) is 1.92. The van der Waals surface area contributed by atoms with Crippen molar-refractivity contribution in [3.05, 3.63) is 29.6 Å². The molecule has 0 fully saturated rings. The quantitative estimate of drug-likeness (QED) is 0.623. The molecule has 6 heteroatoms. The highest BCUT2D eigenvalue weighted by Crippen LogP contribution is 2.19. The number of rotatable bonds is 6. The predicted octanol–water partition coefficient (Wildman–Crippen LogP) is 2.31. The van der Waals surface area contributed by atoms with Crippen LogP contribution >= 0.6 is 0 Å². The molecule has 4 nitrogen and oxygen atoms in total. The number of benzene rings is 1. The van der Waals surface area contributed by atoms with Gasteiger partial charge in [0, 0.05) is 4.90 Å². The standard InChI is InChI=1S/C13H18FNO3S/c1-3-4-5-12(13(16)15-17)19(18)10-6-7-11(14)9(2)8-10/h6-8,12,17H,3-5H2,1-2H3,(H,15,16)/t12-,19+/m1/s1. The van der Waals surface area contributed by atoms with Crippen LogP contribution in [0.4, 0.5) is 4.39 Å². The van der Waals surface area contributed by atoms with E-state index in [-0.39, 0.29) is 5.82 Å². The van der Waals surface area contributed by atoms with Crippen molar-refractivity contribution >= 4 is 16.7 Å². The Hall–Kier alpha value is -1.27. The van der Waals surface area contributed by atoms with E-state index >= 15 is 0 Å². The molecule has 2 atom stereocenters. The summed E-state index contributed by atoms with van der Waals surface area (Å²) in [5.74, 6) is -1.05. The summed E-state index contributed by atoms with van der Waals surface area (Å²) in [7, 11) is -1.61. The summed E-state index contributed by atoms with van der Waals surface area (Å²) in [6.07, 6.45) is 1.99. The van der Waals surface area contributed by atoms with E-state index in [0.717, 1.165) is 12.8 Å². The molecule has 0 saturated heterocycles. The van der Waals surface area contributed by atoms with Crippen molar-refractivity contribution < 1.29 is 18.6 Å². The van der Waals surface area contributed by atoms with Gasteiger partial charge in [0.15, 0.2) is 0 Å². The number of halogens is 1. The lowest BCUT2D eigenvalue weighted by Crippen LogP contribution is -2.35. The summed E-state index contributed by atoms with van der Waals surface area (Å²) in [6, 6.07) is 4.10. The lowest BCUT2D eigenvalue weighted by molar-refractivity contribution is -0.128. The van der Waals surface area contributed by atoms with Crippen LogP contribution in [0.3, 0.4) is 0 Å². The molecule has 0 radical (unpaired) electrons. The Kier molecular flexibility index (Phi) is 6.11. The SMILES string of the molecule is CCCC[C@H](C(=O)NO)[S@@](=O)c1ccc(F)c(C)c1. The maximum Gasteiger partial charge on any atom is 0.259 e. The van der Waals surface area contributed by atoms with Gasteiger partial charge in [0.05, 0.1) is 10.8 Å². The van der Waals surface area contributed by atoms with Crippen molar-refractivity contribution in [3.8, 4) is 0 Å². The summed E-state index contributed by atoms with van der Waals surface area (Å²) < 4.78 is 25.5. The molecule has 1 aromatic rings. The van der Waals surface area contributed by atoms with Crippen LogP contribution in [0.15, 0.2) is 23.1 Å². The molecule has 0 spiro atoms. The number of carbonyl (C=O) groups is 1. The van der Waals surface area contributed by atoms with E-state index < -0.39 is 22.0 Å². The Bertz CT molecular complexity index is 479. The van der Waals surface area contributed by atoms with Crippen LogP contribution in [0.2, 0.25) is 0 Å². The van der Waals surface area contributed by atoms with Crippen LogP contribution < -0.4 is 5.48 Å². The van der Waals surface area contributed by atoms with Crippen molar-refractivity contribution in [2.75, 3.05) is 0 Å². The van der Waals surface area contributed by atoms with Crippen LogP contribution in [0.1, 0.15) is 31.7 Å². The first-order valence-electron chi connectivity index (χ1n) is 6.12. The first-order chi connectivity index (χ1) is 9.01. The van der Waals surface area contributed by atoms with Gasteiger partial charge in [0.2, 0.25) is 0 Å². The topological polar surface area (TPSA) is 66.4 Å². The van der Waals surface area contributed by atoms with Crippen molar-refractivity contribution in [1.82, 2.24) is 5.48 Å². The number of hydroxylamine groups is 1. The van der Waals surface area contributed by atoms with Gasteiger partial charge in [-0.3, -0.25) is 14.2 Å². The van der Waals surface area contributed by atoms with Crippen molar-refractivity contribution in [2.45, 2.75) is 43.3 Å². The fourth-order valence-electron chi connectivity index (χ4n) is 1.70. The van der Waals surface area contributed by atoms with Crippen LogP contribution in [0.5, 0.6) is 0 Å². The normalized spacial score (nSPS) is 13.9. The van der Waals surface area contributed by atoms with E-state index in [9.17, 15) is 13.4 Å². The second kappa shape index (κ2) is 7.35. The molecule has 0 saturated carbocycles. The number of aryl methyl sites for hydroxylation is 1. The maximum absolute atomic E-state index is 13.2. The third kappa shape index (κ3) is 4.11. The van der Waals surface area contributed by atoms with E-state index in [1.165, 1.54) is 18.2 Å². The van der Waals surface area contributed by atoms with Crippen molar-refractivity contribution in [3.63, 3.8) is 0 Å². The first-order valence-corrected chi connectivity index (χ1v) is 7.33. The Balaban J connectivity index is 2.97. The Labute approximate surface area is 114 Å². The molecule has 1 rings (SSSR count). The molecule has 0 heterocycles. The molecule has 1 aromatic carbocycles. The van der Waals surface area contributed by atoms with E-state index in [4.69, 9.17) is 5.21 Å². The van der Waals surface area contributed by atoms with E-state index in [0.29, 0.717) is 16.9 Å². The van der Waals surface area contributed by atoms with Gasteiger partial charge in [-0.05, 0) is 37.1 Å². The molecular weight excluding hydrogens is 269 g/mol. The monoisotopic (exact) mass is 287 g/mol. The molecule has 0 aromatic heterocycles. The zero-order valence-electron chi connectivity index (χ0n) is 11.0. The minimum atomic E-state index is -1.61. The Morgan fingerprint density at radius 3 is 2.74 bits per heavy atom. The summed E-state index contributed by atoms with van der Waals surface area (Å²) in [6.45, 7) is 3.53.